The Bertz CT molecular complexity index is 802. The maximum absolute atomic E-state index is 11.9. The highest BCUT2D eigenvalue weighted by molar-refractivity contribution is 8.00. The molecule has 1 aromatic carbocycles. The van der Waals surface area contributed by atoms with E-state index in [1.165, 1.54) is 11.8 Å². The smallest absolute Gasteiger partial charge is 0.230 e. The number of hydrogen-bond donors (Lipinski definition) is 2. The summed E-state index contributed by atoms with van der Waals surface area (Å²) in [6.45, 7) is 0.479. The molecule has 0 unspecified atom stereocenters. The third-order valence-electron chi connectivity index (χ3n) is 3.38. The third kappa shape index (κ3) is 4.04. The molecule has 0 saturated carbocycles. The second kappa shape index (κ2) is 7.19. The fourth-order valence-electron chi connectivity index (χ4n) is 2.22. The van der Waals surface area contributed by atoms with Crippen molar-refractivity contribution in [3.8, 4) is 5.75 Å². The first-order valence-corrected chi connectivity index (χ1v) is 8.18. The number of fused-ring (bicyclic) bond motifs is 1. The number of hydrogen-bond acceptors (Lipinski definition) is 4. The zero-order chi connectivity index (χ0) is 16.1. The molecule has 0 aliphatic rings. The normalized spacial score (nSPS) is 10.7. The minimum Gasteiger partial charge on any atom is -0.497 e. The summed E-state index contributed by atoms with van der Waals surface area (Å²) in [5, 5.41) is 3.99. The summed E-state index contributed by atoms with van der Waals surface area (Å²) in [6, 6.07) is 11.7. The Morgan fingerprint density at radius 1 is 1.26 bits per heavy atom. The van der Waals surface area contributed by atoms with Crippen LogP contribution in [0.2, 0.25) is 0 Å². The molecule has 0 radical (unpaired) electrons. The van der Waals surface area contributed by atoms with Crippen molar-refractivity contribution in [1.82, 2.24) is 15.3 Å². The Morgan fingerprint density at radius 2 is 2.09 bits per heavy atom. The Labute approximate surface area is 138 Å². The van der Waals surface area contributed by atoms with E-state index in [1.807, 2.05) is 36.4 Å². The molecule has 0 aliphatic carbocycles. The molecule has 2 N–H and O–H groups in total. The van der Waals surface area contributed by atoms with Gasteiger partial charge in [-0.05, 0) is 36.4 Å². The predicted molar refractivity (Wildman–Crippen MR) is 91.7 cm³/mol. The van der Waals surface area contributed by atoms with Crippen molar-refractivity contribution in [2.24, 2.45) is 0 Å². The van der Waals surface area contributed by atoms with Crippen molar-refractivity contribution in [2.75, 3.05) is 12.9 Å². The van der Waals surface area contributed by atoms with E-state index in [4.69, 9.17) is 4.74 Å². The van der Waals surface area contributed by atoms with E-state index in [9.17, 15) is 4.79 Å². The summed E-state index contributed by atoms with van der Waals surface area (Å²) in [4.78, 5) is 20.2. The lowest BCUT2D eigenvalue weighted by molar-refractivity contribution is -0.118. The van der Waals surface area contributed by atoms with Crippen LogP contribution in [0.4, 0.5) is 0 Å². The number of rotatable bonds is 6. The van der Waals surface area contributed by atoms with Gasteiger partial charge in [0.05, 0.1) is 19.4 Å². The van der Waals surface area contributed by atoms with Gasteiger partial charge >= 0.3 is 0 Å². The molecule has 2 aromatic heterocycles. The molecule has 1 amide bonds. The molecule has 5 nitrogen and oxygen atoms in total. The quantitative estimate of drug-likeness (QED) is 0.683. The van der Waals surface area contributed by atoms with E-state index < -0.39 is 0 Å². The van der Waals surface area contributed by atoms with E-state index in [1.54, 1.807) is 19.5 Å². The lowest BCUT2D eigenvalue weighted by Crippen LogP contribution is -2.24. The van der Waals surface area contributed by atoms with Crippen molar-refractivity contribution in [3.63, 3.8) is 0 Å². The average Bonchev–Trinajstić information content (AvgIpc) is 3.01. The van der Waals surface area contributed by atoms with Crippen molar-refractivity contribution in [1.29, 1.82) is 0 Å². The van der Waals surface area contributed by atoms with Gasteiger partial charge in [0.2, 0.25) is 5.91 Å². The summed E-state index contributed by atoms with van der Waals surface area (Å²) >= 11 is 1.49. The summed E-state index contributed by atoms with van der Waals surface area (Å²) in [5.41, 5.74) is 2.00. The van der Waals surface area contributed by atoms with Gasteiger partial charge in [0, 0.05) is 33.9 Å². The molecule has 23 heavy (non-hydrogen) atoms. The first kappa shape index (κ1) is 15.4. The Balaban J connectivity index is 1.54. The summed E-state index contributed by atoms with van der Waals surface area (Å²) < 4.78 is 5.21. The van der Waals surface area contributed by atoms with Crippen LogP contribution in [0.3, 0.4) is 0 Å². The maximum Gasteiger partial charge on any atom is 0.230 e. The molecular weight excluding hydrogens is 310 g/mol. The monoisotopic (exact) mass is 327 g/mol. The number of aromatic nitrogens is 2. The number of methoxy groups -OCH3 is 1. The number of carbonyl (C=O) groups excluding carboxylic acids is 1. The van der Waals surface area contributed by atoms with E-state index in [0.717, 1.165) is 27.2 Å². The minimum absolute atomic E-state index is 0.00282. The van der Waals surface area contributed by atoms with Gasteiger partial charge < -0.3 is 15.0 Å². The van der Waals surface area contributed by atoms with Gasteiger partial charge in [-0.25, -0.2) is 0 Å². The number of nitrogens with zero attached hydrogens (tertiary/aromatic N) is 1. The van der Waals surface area contributed by atoms with Crippen molar-refractivity contribution >= 4 is 28.6 Å². The van der Waals surface area contributed by atoms with Gasteiger partial charge in [-0.3, -0.25) is 9.78 Å². The Morgan fingerprint density at radius 3 is 2.87 bits per heavy atom. The lowest BCUT2D eigenvalue weighted by atomic mass is 10.2. The highest BCUT2D eigenvalue weighted by Crippen LogP contribution is 2.21. The SMILES string of the molecule is COc1ccc2[nH]c(CNC(=O)CSc3ccncc3)cc2c1. The van der Waals surface area contributed by atoms with Gasteiger partial charge in [0.25, 0.3) is 0 Å². The fourth-order valence-corrected chi connectivity index (χ4v) is 2.94. The summed E-state index contributed by atoms with van der Waals surface area (Å²) in [7, 11) is 1.65. The van der Waals surface area contributed by atoms with Crippen molar-refractivity contribution in [2.45, 2.75) is 11.4 Å². The van der Waals surface area contributed by atoms with Crippen LogP contribution in [0.1, 0.15) is 5.69 Å². The number of benzene rings is 1. The van der Waals surface area contributed by atoms with Crippen LogP contribution in [0.25, 0.3) is 10.9 Å². The first-order valence-electron chi connectivity index (χ1n) is 7.20. The molecule has 0 aliphatic heterocycles. The van der Waals surface area contributed by atoms with Crippen LogP contribution in [0.15, 0.2) is 53.7 Å². The number of pyridine rings is 1. The number of H-pyrrole nitrogens is 1. The number of amides is 1. The van der Waals surface area contributed by atoms with Crippen LogP contribution in [0.5, 0.6) is 5.75 Å². The molecule has 3 aromatic rings. The molecule has 0 saturated heterocycles. The molecule has 0 spiro atoms. The van der Waals surface area contributed by atoms with Crippen molar-refractivity contribution in [3.05, 3.63) is 54.5 Å². The number of carbonyl (C=O) groups is 1. The van der Waals surface area contributed by atoms with Crippen molar-refractivity contribution < 1.29 is 9.53 Å². The van der Waals surface area contributed by atoms with Crippen LogP contribution < -0.4 is 10.1 Å². The Kier molecular flexibility index (Phi) is 4.83. The van der Waals surface area contributed by atoms with Crippen LogP contribution in [0, 0.1) is 0 Å². The van der Waals surface area contributed by atoms with E-state index >= 15 is 0 Å². The minimum atomic E-state index is 0.00282. The van der Waals surface area contributed by atoms with E-state index in [2.05, 4.69) is 15.3 Å². The molecule has 118 valence electrons. The molecule has 3 rings (SSSR count). The van der Waals surface area contributed by atoms with Crippen LogP contribution in [-0.4, -0.2) is 28.7 Å². The van der Waals surface area contributed by atoms with E-state index in [0.29, 0.717) is 12.3 Å². The number of ether oxygens (including phenoxy) is 1. The molecule has 6 heteroatoms. The zero-order valence-corrected chi connectivity index (χ0v) is 13.5. The molecule has 0 atom stereocenters. The Hall–Kier alpha value is -2.47. The highest BCUT2D eigenvalue weighted by atomic mass is 32.2. The van der Waals surface area contributed by atoms with Gasteiger partial charge in [-0.15, -0.1) is 11.8 Å². The number of thioether (sulfide) groups is 1. The first-order chi connectivity index (χ1) is 11.2. The van der Waals surface area contributed by atoms with Gasteiger partial charge in [-0.2, -0.15) is 0 Å². The second-order valence-electron chi connectivity index (χ2n) is 5.00. The highest BCUT2D eigenvalue weighted by Gasteiger charge is 2.06. The molecule has 0 bridgehead atoms. The van der Waals surface area contributed by atoms with E-state index in [-0.39, 0.29) is 5.91 Å². The molecule has 0 fully saturated rings. The van der Waals surface area contributed by atoms with Crippen LogP contribution >= 0.6 is 11.8 Å². The lowest BCUT2D eigenvalue weighted by Gasteiger charge is -2.03. The summed E-state index contributed by atoms with van der Waals surface area (Å²) in [6.07, 6.45) is 3.44. The predicted octanol–water partition coefficient (Wildman–Crippen LogP) is 2.98. The molecular formula is C17H17N3O2S. The number of nitrogens with one attached hydrogen (secondary N) is 2. The fraction of sp³-hybridized carbons (Fsp3) is 0.176. The topological polar surface area (TPSA) is 67.0 Å². The van der Waals surface area contributed by atoms with Gasteiger partial charge in [0.1, 0.15) is 5.75 Å². The molecule has 2 heterocycles. The standard InChI is InChI=1S/C17H17N3O2S/c1-22-14-2-3-16-12(9-14)8-13(20-16)10-19-17(21)11-23-15-4-6-18-7-5-15/h2-9,20H,10-11H2,1H3,(H,19,21). The van der Waals surface area contributed by atoms with Crippen LogP contribution in [-0.2, 0) is 11.3 Å². The third-order valence-corrected chi connectivity index (χ3v) is 4.39. The largest absolute Gasteiger partial charge is 0.497 e. The van der Waals surface area contributed by atoms with Gasteiger partial charge in [-0.1, -0.05) is 0 Å². The zero-order valence-electron chi connectivity index (χ0n) is 12.7. The van der Waals surface area contributed by atoms with Gasteiger partial charge in [0.15, 0.2) is 0 Å². The average molecular weight is 327 g/mol. The summed E-state index contributed by atoms with van der Waals surface area (Å²) in [5.74, 6) is 1.21. The second-order valence-corrected chi connectivity index (χ2v) is 6.04. The maximum atomic E-state index is 11.9. The number of aromatic amines is 1.